The van der Waals surface area contributed by atoms with Gasteiger partial charge in [0, 0.05) is 10.9 Å². The second kappa shape index (κ2) is 6.76. The third-order valence-electron chi connectivity index (χ3n) is 5.10. The van der Waals surface area contributed by atoms with Crippen molar-refractivity contribution in [2.24, 2.45) is 11.8 Å². The predicted octanol–water partition coefficient (Wildman–Crippen LogP) is 4.83. The average Bonchev–Trinajstić information content (AvgIpc) is 3.30. The lowest BCUT2D eigenvalue weighted by molar-refractivity contribution is -0.123. The first-order valence-corrected chi connectivity index (χ1v) is 9.42. The van der Waals surface area contributed by atoms with Crippen LogP contribution >= 0.6 is 11.6 Å². The van der Waals surface area contributed by atoms with Crippen LogP contribution in [0.15, 0.2) is 48.5 Å². The number of hydrogen-bond acceptors (Lipinski definition) is 2. The third kappa shape index (κ3) is 3.21. The lowest BCUT2D eigenvalue weighted by Crippen LogP contribution is -2.33. The number of rotatable bonds is 5. The number of para-hydroxylation sites is 2. The Labute approximate surface area is 158 Å². The van der Waals surface area contributed by atoms with Crippen molar-refractivity contribution in [1.82, 2.24) is 15.3 Å². The van der Waals surface area contributed by atoms with Crippen molar-refractivity contribution < 1.29 is 4.79 Å². The number of nitrogens with zero attached hydrogens (tertiary/aromatic N) is 1. The van der Waals surface area contributed by atoms with Gasteiger partial charge in [0.25, 0.3) is 0 Å². The van der Waals surface area contributed by atoms with Gasteiger partial charge < -0.3 is 10.3 Å². The van der Waals surface area contributed by atoms with E-state index in [1.807, 2.05) is 48.5 Å². The van der Waals surface area contributed by atoms with Crippen LogP contribution in [0.5, 0.6) is 0 Å². The van der Waals surface area contributed by atoms with E-state index < -0.39 is 0 Å². The summed E-state index contributed by atoms with van der Waals surface area (Å²) in [6, 6.07) is 15.6. The minimum Gasteiger partial charge on any atom is -0.346 e. The van der Waals surface area contributed by atoms with Gasteiger partial charge >= 0.3 is 0 Å². The van der Waals surface area contributed by atoms with Gasteiger partial charge in [-0.05, 0) is 42.0 Å². The largest absolute Gasteiger partial charge is 0.346 e. The summed E-state index contributed by atoms with van der Waals surface area (Å²) in [5, 5.41) is 3.94. The van der Waals surface area contributed by atoms with Crippen LogP contribution in [0, 0.1) is 11.8 Å². The van der Waals surface area contributed by atoms with E-state index in [1.165, 1.54) is 0 Å². The Kier molecular flexibility index (Phi) is 4.45. The van der Waals surface area contributed by atoms with E-state index in [4.69, 9.17) is 11.6 Å². The molecule has 0 saturated heterocycles. The van der Waals surface area contributed by atoms with Crippen molar-refractivity contribution in [2.75, 3.05) is 0 Å². The highest BCUT2D eigenvalue weighted by Gasteiger charge is 2.45. The number of imidazole rings is 1. The number of carbonyl (C=O) groups is 1. The Morgan fingerprint density at radius 2 is 1.92 bits per heavy atom. The molecule has 26 heavy (non-hydrogen) atoms. The van der Waals surface area contributed by atoms with Gasteiger partial charge in [-0.1, -0.05) is 55.8 Å². The molecule has 0 bridgehead atoms. The van der Waals surface area contributed by atoms with Crippen LogP contribution in [0.25, 0.3) is 11.0 Å². The Hall–Kier alpha value is -2.33. The van der Waals surface area contributed by atoms with Crippen LogP contribution in [0.1, 0.15) is 43.6 Å². The molecule has 134 valence electrons. The number of hydrogen-bond donors (Lipinski definition) is 2. The smallest absolute Gasteiger partial charge is 0.224 e. The number of halogens is 1. The average molecular weight is 368 g/mol. The molecular weight excluding hydrogens is 346 g/mol. The minimum atomic E-state index is -0.137. The molecule has 1 heterocycles. The number of carbonyl (C=O) groups excluding carboxylic acids is 1. The molecule has 1 aromatic heterocycles. The van der Waals surface area contributed by atoms with Crippen LogP contribution in [-0.4, -0.2) is 15.9 Å². The molecule has 1 aliphatic carbocycles. The van der Waals surface area contributed by atoms with Crippen molar-refractivity contribution in [2.45, 2.75) is 32.2 Å². The first kappa shape index (κ1) is 17.1. The number of amides is 1. The van der Waals surface area contributed by atoms with Crippen LogP contribution in [-0.2, 0) is 4.79 Å². The normalized spacial score (nSPS) is 20.3. The number of nitrogens with one attached hydrogen (secondary N) is 2. The molecule has 1 aliphatic rings. The second-order valence-corrected chi connectivity index (χ2v) is 7.75. The van der Waals surface area contributed by atoms with Crippen LogP contribution in [0.2, 0.25) is 5.02 Å². The van der Waals surface area contributed by atoms with Gasteiger partial charge in [0.05, 0.1) is 17.1 Å². The number of aromatic nitrogens is 2. The Balaban J connectivity index is 1.51. The molecule has 2 aromatic carbocycles. The molecule has 4 rings (SSSR count). The molecule has 3 aromatic rings. The third-order valence-corrected chi connectivity index (χ3v) is 5.44. The van der Waals surface area contributed by atoms with E-state index in [-0.39, 0.29) is 29.7 Å². The van der Waals surface area contributed by atoms with Crippen molar-refractivity contribution in [3.63, 3.8) is 0 Å². The van der Waals surface area contributed by atoms with E-state index in [0.717, 1.165) is 33.9 Å². The highest BCUT2D eigenvalue weighted by atomic mass is 35.5. The summed E-state index contributed by atoms with van der Waals surface area (Å²) in [5.74, 6) is 1.32. The molecule has 5 heteroatoms. The van der Waals surface area contributed by atoms with Crippen molar-refractivity contribution >= 4 is 28.5 Å². The first-order valence-electron chi connectivity index (χ1n) is 9.04. The highest BCUT2D eigenvalue weighted by Crippen LogP contribution is 2.49. The summed E-state index contributed by atoms with van der Waals surface area (Å²) >= 11 is 6.28. The van der Waals surface area contributed by atoms with Gasteiger partial charge in [0.1, 0.15) is 5.82 Å². The minimum absolute atomic E-state index is 0.0134. The maximum absolute atomic E-state index is 12.8. The van der Waals surface area contributed by atoms with Gasteiger partial charge in [-0.25, -0.2) is 4.98 Å². The van der Waals surface area contributed by atoms with E-state index >= 15 is 0 Å². The fourth-order valence-corrected chi connectivity index (χ4v) is 3.81. The molecule has 1 fully saturated rings. The van der Waals surface area contributed by atoms with Gasteiger partial charge in [-0.15, -0.1) is 0 Å². The fourth-order valence-electron chi connectivity index (χ4n) is 3.54. The zero-order valence-corrected chi connectivity index (χ0v) is 15.6. The highest BCUT2D eigenvalue weighted by molar-refractivity contribution is 6.31. The molecule has 2 unspecified atom stereocenters. The first-order chi connectivity index (χ1) is 12.5. The molecule has 4 nitrogen and oxygen atoms in total. The molecule has 0 radical (unpaired) electrons. The summed E-state index contributed by atoms with van der Waals surface area (Å²) in [7, 11) is 0. The lowest BCUT2D eigenvalue weighted by atomic mass is 10.0. The zero-order valence-electron chi connectivity index (χ0n) is 14.9. The number of fused-ring (bicyclic) bond motifs is 1. The zero-order chi connectivity index (χ0) is 18.3. The number of H-pyrrole nitrogens is 1. The van der Waals surface area contributed by atoms with E-state index in [0.29, 0.717) is 0 Å². The Bertz CT molecular complexity index is 916. The molecular formula is C21H22ClN3O. The second-order valence-electron chi connectivity index (χ2n) is 7.34. The summed E-state index contributed by atoms with van der Waals surface area (Å²) in [6.45, 7) is 4.19. The summed E-state index contributed by atoms with van der Waals surface area (Å²) in [6.07, 6.45) is 0.848. The van der Waals surface area contributed by atoms with Gasteiger partial charge in [0.15, 0.2) is 0 Å². The van der Waals surface area contributed by atoms with Gasteiger partial charge in [-0.2, -0.15) is 0 Å². The van der Waals surface area contributed by atoms with E-state index in [9.17, 15) is 4.79 Å². The fraction of sp³-hybridized carbons (Fsp3) is 0.333. The number of benzene rings is 2. The SMILES string of the molecule is CC(C)[C@H](NC(=O)C1CC1c1ccccc1Cl)c1nc2ccccc2[nH]1. The topological polar surface area (TPSA) is 57.8 Å². The van der Waals surface area contributed by atoms with Crippen LogP contribution < -0.4 is 5.32 Å². The lowest BCUT2D eigenvalue weighted by Gasteiger charge is -2.20. The summed E-state index contributed by atoms with van der Waals surface area (Å²) in [5.41, 5.74) is 2.98. The Morgan fingerprint density at radius 1 is 1.19 bits per heavy atom. The molecule has 3 atom stereocenters. The van der Waals surface area contributed by atoms with Crippen LogP contribution in [0.4, 0.5) is 0 Å². The summed E-state index contributed by atoms with van der Waals surface area (Å²) < 4.78 is 0. The molecule has 1 saturated carbocycles. The van der Waals surface area contributed by atoms with Crippen molar-refractivity contribution in [3.8, 4) is 0 Å². The van der Waals surface area contributed by atoms with Crippen molar-refractivity contribution in [1.29, 1.82) is 0 Å². The number of aromatic amines is 1. The maximum Gasteiger partial charge on any atom is 0.224 e. The monoisotopic (exact) mass is 367 g/mol. The molecule has 1 amide bonds. The van der Waals surface area contributed by atoms with Gasteiger partial charge in [0.2, 0.25) is 5.91 Å². The van der Waals surface area contributed by atoms with Crippen molar-refractivity contribution in [3.05, 3.63) is 64.9 Å². The Morgan fingerprint density at radius 3 is 2.65 bits per heavy atom. The quantitative estimate of drug-likeness (QED) is 0.678. The molecule has 0 spiro atoms. The molecule has 2 N–H and O–H groups in total. The maximum atomic E-state index is 12.8. The van der Waals surface area contributed by atoms with Gasteiger partial charge in [-0.3, -0.25) is 4.79 Å². The standard InChI is InChI=1S/C21H22ClN3O/c1-12(2)19(20-23-17-9-5-6-10-18(17)24-20)25-21(26)15-11-14(15)13-7-3-4-8-16(13)22/h3-10,12,14-15,19H,11H2,1-2H3,(H,23,24)(H,25,26)/t14?,15?,19-/m0/s1. The summed E-state index contributed by atoms with van der Waals surface area (Å²) in [4.78, 5) is 20.8. The molecule has 0 aliphatic heterocycles. The van der Waals surface area contributed by atoms with E-state index in [1.54, 1.807) is 0 Å². The van der Waals surface area contributed by atoms with Crippen LogP contribution in [0.3, 0.4) is 0 Å². The predicted molar refractivity (Wildman–Crippen MR) is 104 cm³/mol. The van der Waals surface area contributed by atoms with E-state index in [2.05, 4.69) is 29.1 Å².